The van der Waals surface area contributed by atoms with Crippen LogP contribution in [0.25, 0.3) is 10.6 Å². The molecule has 0 aliphatic rings. The van der Waals surface area contributed by atoms with Crippen molar-refractivity contribution >= 4 is 17.3 Å². The van der Waals surface area contributed by atoms with E-state index in [1.54, 1.807) is 38.5 Å². The highest BCUT2D eigenvalue weighted by molar-refractivity contribution is 7.13. The standard InChI is InChI=1S/C25H24N2O6S/c1-15-21(16(2)33-27-15)13-31-20-8-5-17(6-9-20)25(28)32-12-19-14-34-24(26-19)18-7-10-22(29-3)23(11-18)30-4/h5-11,14H,12-13H2,1-4H3. The van der Waals surface area contributed by atoms with E-state index < -0.39 is 5.97 Å². The third-order valence-corrected chi connectivity index (χ3v) is 6.13. The number of methoxy groups -OCH3 is 2. The first-order valence-electron chi connectivity index (χ1n) is 10.5. The van der Waals surface area contributed by atoms with E-state index in [1.807, 2.05) is 37.4 Å². The van der Waals surface area contributed by atoms with Crippen molar-refractivity contribution in [1.82, 2.24) is 10.1 Å². The number of carbonyl (C=O) groups excluding carboxylic acids is 1. The van der Waals surface area contributed by atoms with Gasteiger partial charge in [0.15, 0.2) is 11.5 Å². The van der Waals surface area contributed by atoms with E-state index in [-0.39, 0.29) is 6.61 Å². The van der Waals surface area contributed by atoms with Crippen LogP contribution in [0.4, 0.5) is 0 Å². The summed E-state index contributed by atoms with van der Waals surface area (Å²) in [6, 6.07) is 12.4. The number of hydrogen-bond donors (Lipinski definition) is 0. The van der Waals surface area contributed by atoms with Crippen LogP contribution in [0.1, 0.15) is 33.1 Å². The van der Waals surface area contributed by atoms with Crippen molar-refractivity contribution in [2.45, 2.75) is 27.1 Å². The lowest BCUT2D eigenvalue weighted by molar-refractivity contribution is 0.0468. The Morgan fingerprint density at radius 3 is 2.44 bits per heavy atom. The Kier molecular flexibility index (Phi) is 7.12. The monoisotopic (exact) mass is 480 g/mol. The number of ether oxygens (including phenoxy) is 4. The summed E-state index contributed by atoms with van der Waals surface area (Å²) in [6.45, 7) is 4.13. The van der Waals surface area contributed by atoms with E-state index in [2.05, 4.69) is 10.1 Å². The van der Waals surface area contributed by atoms with Crippen LogP contribution in [0, 0.1) is 13.8 Å². The van der Waals surface area contributed by atoms with Crippen LogP contribution in [0.5, 0.6) is 17.2 Å². The molecule has 0 amide bonds. The molecule has 9 heteroatoms. The predicted molar refractivity (Wildman–Crippen MR) is 127 cm³/mol. The molecule has 0 saturated carbocycles. The normalized spacial score (nSPS) is 10.7. The van der Waals surface area contributed by atoms with E-state index in [1.165, 1.54) is 11.3 Å². The maximum absolute atomic E-state index is 12.5. The summed E-state index contributed by atoms with van der Waals surface area (Å²) in [6.07, 6.45) is 0. The van der Waals surface area contributed by atoms with E-state index in [0.717, 1.165) is 27.6 Å². The van der Waals surface area contributed by atoms with Gasteiger partial charge in [0.1, 0.15) is 29.7 Å². The van der Waals surface area contributed by atoms with Crippen molar-refractivity contribution in [2.75, 3.05) is 14.2 Å². The van der Waals surface area contributed by atoms with E-state index >= 15 is 0 Å². The third-order valence-electron chi connectivity index (χ3n) is 5.19. The van der Waals surface area contributed by atoms with Crippen molar-refractivity contribution in [3.8, 4) is 27.8 Å². The van der Waals surface area contributed by atoms with Gasteiger partial charge in [-0.15, -0.1) is 11.3 Å². The highest BCUT2D eigenvalue weighted by atomic mass is 32.1. The molecule has 2 heterocycles. The van der Waals surface area contributed by atoms with E-state index in [4.69, 9.17) is 23.5 Å². The maximum Gasteiger partial charge on any atom is 0.338 e. The zero-order chi connectivity index (χ0) is 24.1. The van der Waals surface area contributed by atoms with Crippen LogP contribution < -0.4 is 14.2 Å². The van der Waals surface area contributed by atoms with Crippen LogP contribution in [-0.2, 0) is 18.0 Å². The number of esters is 1. The van der Waals surface area contributed by atoms with Gasteiger partial charge in [-0.1, -0.05) is 5.16 Å². The first-order chi connectivity index (χ1) is 16.5. The maximum atomic E-state index is 12.5. The molecule has 176 valence electrons. The van der Waals surface area contributed by atoms with Crippen LogP contribution in [0.2, 0.25) is 0 Å². The van der Waals surface area contributed by atoms with Gasteiger partial charge in [0.25, 0.3) is 0 Å². The van der Waals surface area contributed by atoms with Gasteiger partial charge in [-0.3, -0.25) is 0 Å². The van der Waals surface area contributed by atoms with Crippen molar-refractivity contribution in [3.63, 3.8) is 0 Å². The Morgan fingerprint density at radius 1 is 1.00 bits per heavy atom. The third kappa shape index (κ3) is 5.20. The van der Waals surface area contributed by atoms with Gasteiger partial charge in [-0.05, 0) is 56.3 Å². The van der Waals surface area contributed by atoms with Crippen LogP contribution in [0.3, 0.4) is 0 Å². The molecule has 8 nitrogen and oxygen atoms in total. The number of rotatable bonds is 9. The molecule has 0 fully saturated rings. The summed E-state index contributed by atoms with van der Waals surface area (Å²) in [5, 5.41) is 6.58. The number of aryl methyl sites for hydroxylation is 2. The molecule has 0 N–H and O–H groups in total. The van der Waals surface area contributed by atoms with Gasteiger partial charge in [-0.2, -0.15) is 0 Å². The first kappa shape index (κ1) is 23.3. The molecular weight excluding hydrogens is 456 g/mol. The molecule has 2 aromatic carbocycles. The summed E-state index contributed by atoms with van der Waals surface area (Å²) < 4.78 is 27.0. The number of benzene rings is 2. The lowest BCUT2D eigenvalue weighted by atomic mass is 10.2. The van der Waals surface area contributed by atoms with E-state index in [9.17, 15) is 4.79 Å². The highest BCUT2D eigenvalue weighted by Gasteiger charge is 2.13. The van der Waals surface area contributed by atoms with Crippen molar-refractivity contribution in [1.29, 1.82) is 0 Å². The fourth-order valence-corrected chi connectivity index (χ4v) is 4.05. The van der Waals surface area contributed by atoms with Crippen molar-refractivity contribution in [2.24, 2.45) is 0 Å². The Hall–Kier alpha value is -3.85. The molecule has 0 atom stereocenters. The minimum absolute atomic E-state index is 0.0763. The molecule has 0 aliphatic heterocycles. The van der Waals surface area contributed by atoms with Gasteiger partial charge in [-0.25, -0.2) is 9.78 Å². The van der Waals surface area contributed by atoms with Gasteiger partial charge in [0.2, 0.25) is 0 Å². The molecular formula is C25H24N2O6S. The molecule has 4 rings (SSSR count). The summed E-state index contributed by atoms with van der Waals surface area (Å²) >= 11 is 1.46. The lowest BCUT2D eigenvalue weighted by Crippen LogP contribution is -2.05. The lowest BCUT2D eigenvalue weighted by Gasteiger charge is -2.08. The molecule has 2 aromatic heterocycles. The number of nitrogens with zero attached hydrogens (tertiary/aromatic N) is 2. The summed E-state index contributed by atoms with van der Waals surface area (Å²) in [5.41, 5.74) is 3.71. The topological polar surface area (TPSA) is 92.9 Å². The molecule has 0 spiro atoms. The quantitative estimate of drug-likeness (QED) is 0.295. The zero-order valence-corrected chi connectivity index (χ0v) is 20.1. The largest absolute Gasteiger partial charge is 0.493 e. The number of hydrogen-bond acceptors (Lipinski definition) is 9. The Balaban J connectivity index is 1.33. The molecule has 0 bridgehead atoms. The van der Waals surface area contributed by atoms with Gasteiger partial charge in [0, 0.05) is 10.9 Å². The SMILES string of the molecule is COc1ccc(-c2nc(COC(=O)c3ccc(OCc4c(C)noc4C)cc3)cs2)cc1OC. The smallest absolute Gasteiger partial charge is 0.338 e. The fourth-order valence-electron chi connectivity index (χ4n) is 3.25. The second-order valence-corrected chi connectivity index (χ2v) is 8.26. The number of thiazole rings is 1. The molecule has 0 saturated heterocycles. The molecule has 0 unspecified atom stereocenters. The minimum Gasteiger partial charge on any atom is -0.493 e. The first-order valence-corrected chi connectivity index (χ1v) is 11.3. The molecule has 34 heavy (non-hydrogen) atoms. The van der Waals surface area contributed by atoms with Crippen molar-refractivity contribution in [3.05, 3.63) is 76.1 Å². The van der Waals surface area contributed by atoms with Crippen LogP contribution in [-0.4, -0.2) is 30.3 Å². The Labute approximate surface area is 201 Å². The highest BCUT2D eigenvalue weighted by Crippen LogP contribution is 2.33. The fraction of sp³-hybridized carbons (Fsp3) is 0.240. The average Bonchev–Trinajstić information content (AvgIpc) is 3.47. The number of carbonyl (C=O) groups is 1. The second-order valence-electron chi connectivity index (χ2n) is 7.41. The van der Waals surface area contributed by atoms with Gasteiger partial charge >= 0.3 is 5.97 Å². The average molecular weight is 481 g/mol. The second kappa shape index (κ2) is 10.4. The molecule has 0 aliphatic carbocycles. The molecule has 4 aromatic rings. The van der Waals surface area contributed by atoms with E-state index in [0.29, 0.717) is 35.1 Å². The van der Waals surface area contributed by atoms with Gasteiger partial charge in [0.05, 0.1) is 36.7 Å². The Morgan fingerprint density at radius 2 is 1.76 bits per heavy atom. The minimum atomic E-state index is -0.432. The van der Waals surface area contributed by atoms with Crippen molar-refractivity contribution < 1.29 is 28.3 Å². The van der Waals surface area contributed by atoms with Gasteiger partial charge < -0.3 is 23.5 Å². The Bertz CT molecular complexity index is 1260. The summed E-state index contributed by atoms with van der Waals surface area (Å²) in [4.78, 5) is 17.0. The number of aromatic nitrogens is 2. The van der Waals surface area contributed by atoms with Crippen LogP contribution in [0.15, 0.2) is 52.4 Å². The predicted octanol–water partition coefficient (Wildman–Crippen LogP) is 5.37. The summed E-state index contributed by atoms with van der Waals surface area (Å²) in [7, 11) is 3.18. The summed E-state index contributed by atoms with van der Waals surface area (Å²) in [5.74, 6) is 2.21. The molecule has 0 radical (unpaired) electrons. The zero-order valence-electron chi connectivity index (χ0n) is 19.3. The van der Waals surface area contributed by atoms with Crippen LogP contribution >= 0.6 is 11.3 Å².